The third-order valence-corrected chi connectivity index (χ3v) is 6.64. The van der Waals surface area contributed by atoms with Gasteiger partial charge in [0.2, 0.25) is 5.91 Å². The predicted octanol–water partition coefficient (Wildman–Crippen LogP) is 1.31. The van der Waals surface area contributed by atoms with E-state index in [0.717, 1.165) is 11.1 Å². The molecule has 1 aromatic carbocycles. The van der Waals surface area contributed by atoms with Gasteiger partial charge in [-0.25, -0.2) is 0 Å². The molecule has 0 saturated carbocycles. The third kappa shape index (κ3) is 5.19. The summed E-state index contributed by atoms with van der Waals surface area (Å²) in [5.74, 6) is -0.437. The highest BCUT2D eigenvalue weighted by atomic mass is 32.2. The van der Waals surface area contributed by atoms with Gasteiger partial charge >= 0.3 is 0 Å². The summed E-state index contributed by atoms with van der Waals surface area (Å²) in [7, 11) is 0. The predicted molar refractivity (Wildman–Crippen MR) is 117 cm³/mol. The van der Waals surface area contributed by atoms with Crippen molar-refractivity contribution in [1.29, 1.82) is 0 Å². The van der Waals surface area contributed by atoms with Crippen LogP contribution in [0.4, 0.5) is 0 Å². The number of amides is 2. The number of nitrogens with zero attached hydrogens (tertiary/aromatic N) is 2. The Morgan fingerprint density at radius 1 is 1.23 bits per heavy atom. The van der Waals surface area contributed by atoms with Gasteiger partial charge in [-0.05, 0) is 43.5 Å². The average molecular weight is 429 g/mol. The van der Waals surface area contributed by atoms with E-state index in [2.05, 4.69) is 10.3 Å². The van der Waals surface area contributed by atoms with Crippen molar-refractivity contribution in [2.75, 3.05) is 5.88 Å². The molecular formula is C22H28N4O3S. The number of aromatic nitrogens is 1. The number of nitrogens with two attached hydrogens (primary N) is 1. The molecular weight excluding hydrogens is 400 g/mol. The van der Waals surface area contributed by atoms with Crippen LogP contribution in [0.25, 0.3) is 0 Å². The van der Waals surface area contributed by atoms with Crippen LogP contribution in [0.1, 0.15) is 25.0 Å². The van der Waals surface area contributed by atoms with Gasteiger partial charge in [-0.1, -0.05) is 30.3 Å². The van der Waals surface area contributed by atoms with Crippen LogP contribution < -0.4 is 11.1 Å². The number of hydrogen-bond acceptors (Lipinski definition) is 6. The fraction of sp³-hybridized carbons (Fsp3) is 0.409. The van der Waals surface area contributed by atoms with E-state index >= 15 is 0 Å². The van der Waals surface area contributed by atoms with Crippen molar-refractivity contribution >= 4 is 23.6 Å². The van der Waals surface area contributed by atoms with E-state index in [9.17, 15) is 14.7 Å². The lowest BCUT2D eigenvalue weighted by Gasteiger charge is -2.32. The number of hydrogen-bond donors (Lipinski definition) is 3. The van der Waals surface area contributed by atoms with Gasteiger partial charge in [0.1, 0.15) is 12.1 Å². The maximum absolute atomic E-state index is 13.0. The van der Waals surface area contributed by atoms with Crippen molar-refractivity contribution in [1.82, 2.24) is 15.2 Å². The smallest absolute Gasteiger partial charge is 0.254 e. The van der Waals surface area contributed by atoms with E-state index < -0.39 is 28.8 Å². The van der Waals surface area contributed by atoms with Crippen molar-refractivity contribution < 1.29 is 14.7 Å². The van der Waals surface area contributed by atoms with Crippen LogP contribution in [0.15, 0.2) is 54.9 Å². The zero-order valence-electron chi connectivity index (χ0n) is 17.2. The van der Waals surface area contributed by atoms with Crippen molar-refractivity contribution in [3.63, 3.8) is 0 Å². The molecule has 7 nitrogen and oxygen atoms in total. The van der Waals surface area contributed by atoms with Crippen molar-refractivity contribution in [3.8, 4) is 0 Å². The van der Waals surface area contributed by atoms with Gasteiger partial charge in [-0.2, -0.15) is 0 Å². The first-order valence-corrected chi connectivity index (χ1v) is 10.9. The first-order valence-electron chi connectivity index (χ1n) is 9.88. The quantitative estimate of drug-likeness (QED) is 0.614. The number of pyridine rings is 1. The lowest BCUT2D eigenvalue weighted by molar-refractivity contribution is -0.147. The largest absolute Gasteiger partial charge is 0.382 e. The Hall–Kier alpha value is -2.42. The number of benzene rings is 1. The van der Waals surface area contributed by atoms with Gasteiger partial charge in [0, 0.05) is 29.7 Å². The minimum absolute atomic E-state index is 0.251. The van der Waals surface area contributed by atoms with Crippen molar-refractivity contribution in [2.24, 2.45) is 5.73 Å². The first kappa shape index (κ1) is 22.3. The van der Waals surface area contributed by atoms with Crippen LogP contribution in [0, 0.1) is 0 Å². The Bertz CT molecular complexity index is 863. The summed E-state index contributed by atoms with van der Waals surface area (Å²) in [6.07, 6.45) is 2.32. The molecule has 1 fully saturated rings. The summed E-state index contributed by atoms with van der Waals surface area (Å²) in [5.41, 5.74) is 8.00. The standard InChI is InChI=1S/C22H28N4O3S/c1-22(2)19(20(28)25-13-16-8-10-24-11-9-16)26(14-30-22)21(29)18(27)17(23)12-15-6-4-3-5-7-15/h3-11,17-19,27H,12-14,23H2,1-2H3,(H,25,28). The molecule has 4 N–H and O–H groups in total. The van der Waals surface area contributed by atoms with E-state index in [1.54, 1.807) is 12.4 Å². The molecule has 2 heterocycles. The SMILES string of the molecule is CC1(C)SCN(C(=O)C(O)C(N)Cc2ccccc2)C1C(=O)NCc1ccncc1. The molecule has 0 bridgehead atoms. The molecule has 2 amide bonds. The normalized spacial score (nSPS) is 19.9. The Kier molecular flexibility index (Phi) is 7.12. The van der Waals surface area contributed by atoms with E-state index in [1.807, 2.05) is 56.3 Å². The Balaban J connectivity index is 1.67. The minimum atomic E-state index is -1.38. The summed E-state index contributed by atoms with van der Waals surface area (Å²) in [6.45, 7) is 4.20. The molecule has 0 spiro atoms. The molecule has 1 aliphatic rings. The zero-order chi connectivity index (χ0) is 21.7. The molecule has 3 rings (SSSR count). The summed E-state index contributed by atoms with van der Waals surface area (Å²) < 4.78 is -0.485. The fourth-order valence-electron chi connectivity index (χ4n) is 3.55. The second kappa shape index (κ2) is 9.59. The number of nitrogens with one attached hydrogen (secondary N) is 1. The molecule has 3 atom stereocenters. The molecule has 3 unspecified atom stereocenters. The third-order valence-electron chi connectivity index (χ3n) is 5.27. The van der Waals surface area contributed by atoms with Gasteiger partial charge in [-0.3, -0.25) is 14.6 Å². The molecule has 0 radical (unpaired) electrons. The van der Waals surface area contributed by atoms with E-state index in [1.165, 1.54) is 16.7 Å². The zero-order valence-corrected chi connectivity index (χ0v) is 18.0. The maximum atomic E-state index is 13.0. The van der Waals surface area contributed by atoms with E-state index in [0.29, 0.717) is 18.8 Å². The number of carbonyl (C=O) groups is 2. The van der Waals surface area contributed by atoms with Crippen LogP contribution in [-0.2, 0) is 22.6 Å². The molecule has 2 aromatic rings. The highest BCUT2D eigenvalue weighted by molar-refractivity contribution is 8.00. The number of aliphatic hydroxyl groups excluding tert-OH is 1. The monoisotopic (exact) mass is 428 g/mol. The van der Waals surface area contributed by atoms with E-state index in [-0.39, 0.29) is 5.91 Å². The van der Waals surface area contributed by atoms with Gasteiger partial charge in [0.15, 0.2) is 0 Å². The Morgan fingerprint density at radius 2 is 1.90 bits per heavy atom. The van der Waals surface area contributed by atoms with Crippen molar-refractivity contribution in [3.05, 3.63) is 66.0 Å². The molecule has 160 valence electrons. The van der Waals surface area contributed by atoms with Crippen LogP contribution >= 0.6 is 11.8 Å². The lowest BCUT2D eigenvalue weighted by Crippen LogP contribution is -2.57. The highest BCUT2D eigenvalue weighted by Crippen LogP contribution is 2.39. The second-order valence-electron chi connectivity index (χ2n) is 7.96. The van der Waals surface area contributed by atoms with Gasteiger partial charge < -0.3 is 21.1 Å². The average Bonchev–Trinajstić information content (AvgIpc) is 3.07. The molecule has 0 aliphatic carbocycles. The van der Waals surface area contributed by atoms with Crippen molar-refractivity contribution in [2.45, 2.75) is 49.7 Å². The summed E-state index contributed by atoms with van der Waals surface area (Å²) >= 11 is 1.51. The number of carbonyl (C=O) groups excluding carboxylic acids is 2. The van der Waals surface area contributed by atoms with E-state index in [4.69, 9.17) is 5.73 Å². The lowest BCUT2D eigenvalue weighted by atomic mass is 9.97. The van der Waals surface area contributed by atoms with Crippen LogP contribution in [0.5, 0.6) is 0 Å². The molecule has 1 aliphatic heterocycles. The molecule has 1 saturated heterocycles. The molecule has 30 heavy (non-hydrogen) atoms. The summed E-state index contributed by atoms with van der Waals surface area (Å²) in [4.78, 5) is 31.4. The van der Waals surface area contributed by atoms with Crippen LogP contribution in [0.2, 0.25) is 0 Å². The number of aliphatic hydroxyl groups is 1. The Labute approximate surface area is 181 Å². The second-order valence-corrected chi connectivity index (χ2v) is 9.56. The van der Waals surface area contributed by atoms with Gasteiger partial charge in [0.25, 0.3) is 5.91 Å². The molecule has 1 aromatic heterocycles. The summed E-state index contributed by atoms with van der Waals surface area (Å²) in [5, 5.41) is 13.5. The van der Waals surface area contributed by atoms with Crippen LogP contribution in [-0.4, -0.2) is 55.6 Å². The maximum Gasteiger partial charge on any atom is 0.254 e. The summed E-state index contributed by atoms with van der Waals surface area (Å²) in [6, 6.07) is 11.7. The highest BCUT2D eigenvalue weighted by Gasteiger charge is 2.49. The number of thioether (sulfide) groups is 1. The molecule has 8 heteroatoms. The van der Waals surface area contributed by atoms with Gasteiger partial charge in [0.05, 0.1) is 5.88 Å². The fourth-order valence-corrected chi connectivity index (χ4v) is 4.69. The first-order chi connectivity index (χ1) is 14.3. The minimum Gasteiger partial charge on any atom is -0.382 e. The Morgan fingerprint density at radius 3 is 2.57 bits per heavy atom. The van der Waals surface area contributed by atoms with Gasteiger partial charge in [-0.15, -0.1) is 11.8 Å². The number of rotatable bonds is 7. The topological polar surface area (TPSA) is 109 Å². The van der Waals surface area contributed by atoms with Crippen LogP contribution in [0.3, 0.4) is 0 Å².